The largest absolute Gasteiger partial charge is 0.329 e. The third kappa shape index (κ3) is 3.18. The Morgan fingerprint density at radius 3 is 2.41 bits per heavy atom. The molecule has 5 heteroatoms. The molecular formula is C24H23N3O2. The fourth-order valence-corrected chi connectivity index (χ4v) is 3.91. The summed E-state index contributed by atoms with van der Waals surface area (Å²) in [6.07, 6.45) is 0. The monoisotopic (exact) mass is 385 g/mol. The summed E-state index contributed by atoms with van der Waals surface area (Å²) in [6, 6.07) is 20.6. The predicted octanol–water partition coefficient (Wildman–Crippen LogP) is 4.31. The lowest BCUT2D eigenvalue weighted by Crippen LogP contribution is -2.37. The highest BCUT2D eigenvalue weighted by molar-refractivity contribution is 6.07. The fraction of sp³-hybridized carbons (Fsp3) is 0.208. The van der Waals surface area contributed by atoms with Gasteiger partial charge in [-0.15, -0.1) is 0 Å². The Morgan fingerprint density at radius 2 is 1.66 bits per heavy atom. The number of hydrogen-bond acceptors (Lipinski definition) is 3. The number of benzene rings is 3. The topological polar surface area (TPSA) is 55.2 Å². The predicted molar refractivity (Wildman–Crippen MR) is 116 cm³/mol. The lowest BCUT2D eigenvalue weighted by molar-refractivity contribution is 0.0694. The minimum Gasteiger partial charge on any atom is -0.329 e. The minimum absolute atomic E-state index is 0.0702. The van der Waals surface area contributed by atoms with E-state index < -0.39 is 0 Å². The first kappa shape index (κ1) is 18.9. The Morgan fingerprint density at radius 1 is 1.00 bits per heavy atom. The van der Waals surface area contributed by atoms with Gasteiger partial charge in [0.15, 0.2) is 0 Å². The van der Waals surface area contributed by atoms with Crippen molar-refractivity contribution in [3.63, 3.8) is 0 Å². The zero-order valence-corrected chi connectivity index (χ0v) is 16.8. The molecule has 0 saturated heterocycles. The first-order valence-electron chi connectivity index (χ1n) is 9.77. The standard InChI is InChI=1S/C24H23N3O2/c1-4-27(24(29)19-14-9-11-17-10-5-6-12-18(17)19)16(2)22-25-21-15-8-7-13-20(21)23(28)26(22)3/h5-16H,4H2,1-3H3. The second-order valence-electron chi connectivity index (χ2n) is 7.15. The van der Waals surface area contributed by atoms with Crippen LogP contribution in [-0.4, -0.2) is 26.9 Å². The number of nitrogens with zero attached hydrogens (tertiary/aromatic N) is 3. The number of carbonyl (C=O) groups is 1. The van der Waals surface area contributed by atoms with Crippen molar-refractivity contribution in [2.45, 2.75) is 19.9 Å². The molecule has 0 bridgehead atoms. The highest BCUT2D eigenvalue weighted by atomic mass is 16.2. The van der Waals surface area contributed by atoms with E-state index in [-0.39, 0.29) is 17.5 Å². The lowest BCUT2D eigenvalue weighted by atomic mass is 10.0. The van der Waals surface area contributed by atoms with E-state index in [0.29, 0.717) is 28.8 Å². The van der Waals surface area contributed by atoms with Crippen molar-refractivity contribution in [1.82, 2.24) is 14.5 Å². The van der Waals surface area contributed by atoms with Crippen LogP contribution in [0, 0.1) is 0 Å². The normalized spacial score (nSPS) is 12.2. The third-order valence-corrected chi connectivity index (χ3v) is 5.48. The van der Waals surface area contributed by atoms with Gasteiger partial charge < -0.3 is 4.90 Å². The molecule has 0 saturated carbocycles. The van der Waals surface area contributed by atoms with Crippen molar-refractivity contribution in [3.8, 4) is 0 Å². The molecule has 0 aliphatic rings. The van der Waals surface area contributed by atoms with E-state index in [1.807, 2.05) is 74.5 Å². The summed E-state index contributed by atoms with van der Waals surface area (Å²) in [6.45, 7) is 4.37. The van der Waals surface area contributed by atoms with Crippen molar-refractivity contribution in [2.24, 2.45) is 7.05 Å². The van der Waals surface area contributed by atoms with Crippen molar-refractivity contribution in [2.75, 3.05) is 6.54 Å². The number of rotatable bonds is 4. The van der Waals surface area contributed by atoms with E-state index in [2.05, 4.69) is 0 Å². The summed E-state index contributed by atoms with van der Waals surface area (Å²) in [5.41, 5.74) is 1.19. The number of carbonyl (C=O) groups excluding carboxylic acids is 1. The number of aromatic nitrogens is 2. The van der Waals surface area contributed by atoms with Gasteiger partial charge in [0.05, 0.1) is 16.9 Å². The molecule has 1 atom stereocenters. The van der Waals surface area contributed by atoms with E-state index in [9.17, 15) is 9.59 Å². The third-order valence-electron chi connectivity index (χ3n) is 5.48. The van der Waals surface area contributed by atoms with Crippen molar-refractivity contribution >= 4 is 27.6 Å². The zero-order chi connectivity index (χ0) is 20.5. The molecule has 1 unspecified atom stereocenters. The molecule has 0 spiro atoms. The average Bonchev–Trinajstić information content (AvgIpc) is 2.76. The zero-order valence-electron chi connectivity index (χ0n) is 16.8. The smallest absolute Gasteiger partial charge is 0.261 e. The van der Waals surface area contributed by atoms with Crippen molar-refractivity contribution < 1.29 is 4.79 Å². The van der Waals surface area contributed by atoms with Crippen LogP contribution >= 0.6 is 0 Å². The molecular weight excluding hydrogens is 362 g/mol. The molecule has 146 valence electrons. The molecule has 1 aromatic heterocycles. The second kappa shape index (κ2) is 7.51. The Labute approximate surface area is 169 Å². The van der Waals surface area contributed by atoms with E-state index in [4.69, 9.17) is 4.98 Å². The van der Waals surface area contributed by atoms with Gasteiger partial charge in [0.1, 0.15) is 5.82 Å². The molecule has 4 aromatic rings. The van der Waals surface area contributed by atoms with Crippen LogP contribution in [0.25, 0.3) is 21.7 Å². The molecule has 1 amide bonds. The van der Waals surface area contributed by atoms with Crippen LogP contribution in [-0.2, 0) is 7.05 Å². The number of para-hydroxylation sites is 1. The summed E-state index contributed by atoms with van der Waals surface area (Å²) in [4.78, 5) is 32.7. The SMILES string of the molecule is CCN(C(=O)c1cccc2ccccc12)C(C)c1nc2ccccc2c(=O)n1C. The van der Waals surface area contributed by atoms with Crippen LogP contribution in [0.3, 0.4) is 0 Å². The molecule has 1 heterocycles. The van der Waals surface area contributed by atoms with Crippen LogP contribution in [0.2, 0.25) is 0 Å². The summed E-state index contributed by atoms with van der Waals surface area (Å²) in [5, 5.41) is 2.53. The van der Waals surface area contributed by atoms with Gasteiger partial charge in [-0.3, -0.25) is 14.2 Å². The molecule has 5 nitrogen and oxygen atoms in total. The minimum atomic E-state index is -0.353. The number of fused-ring (bicyclic) bond motifs is 2. The Kier molecular flexibility index (Phi) is 4.89. The second-order valence-corrected chi connectivity index (χ2v) is 7.15. The van der Waals surface area contributed by atoms with Crippen molar-refractivity contribution in [1.29, 1.82) is 0 Å². The molecule has 0 aliphatic carbocycles. The highest BCUT2D eigenvalue weighted by Gasteiger charge is 2.26. The molecule has 3 aromatic carbocycles. The molecule has 0 N–H and O–H groups in total. The Balaban J connectivity index is 1.80. The quantitative estimate of drug-likeness (QED) is 0.526. The Hall–Kier alpha value is -3.47. The van der Waals surface area contributed by atoms with Gasteiger partial charge in [0.2, 0.25) is 0 Å². The maximum atomic E-state index is 13.5. The van der Waals surface area contributed by atoms with Crippen molar-refractivity contribution in [3.05, 3.63) is 88.5 Å². The van der Waals surface area contributed by atoms with Gasteiger partial charge in [0.25, 0.3) is 11.5 Å². The number of amides is 1. The molecule has 0 radical (unpaired) electrons. The Bertz CT molecular complexity index is 1270. The number of hydrogen-bond donors (Lipinski definition) is 0. The summed E-state index contributed by atoms with van der Waals surface area (Å²) >= 11 is 0. The van der Waals surface area contributed by atoms with Gasteiger partial charge in [-0.05, 0) is 42.8 Å². The van der Waals surface area contributed by atoms with Crippen LogP contribution in [0.4, 0.5) is 0 Å². The first-order valence-corrected chi connectivity index (χ1v) is 9.77. The van der Waals surface area contributed by atoms with Crippen LogP contribution in [0.15, 0.2) is 71.5 Å². The van der Waals surface area contributed by atoms with Crippen LogP contribution in [0.5, 0.6) is 0 Å². The summed E-state index contributed by atoms with van der Waals surface area (Å²) in [5.74, 6) is 0.503. The summed E-state index contributed by atoms with van der Waals surface area (Å²) < 4.78 is 1.55. The van der Waals surface area contributed by atoms with E-state index in [1.54, 1.807) is 22.6 Å². The fourth-order valence-electron chi connectivity index (χ4n) is 3.91. The highest BCUT2D eigenvalue weighted by Crippen LogP contribution is 2.25. The first-order chi connectivity index (χ1) is 14.0. The van der Waals surface area contributed by atoms with Gasteiger partial charge >= 0.3 is 0 Å². The lowest BCUT2D eigenvalue weighted by Gasteiger charge is -2.29. The summed E-state index contributed by atoms with van der Waals surface area (Å²) in [7, 11) is 1.71. The maximum Gasteiger partial charge on any atom is 0.261 e. The average molecular weight is 385 g/mol. The van der Waals surface area contributed by atoms with E-state index >= 15 is 0 Å². The van der Waals surface area contributed by atoms with E-state index in [1.165, 1.54) is 0 Å². The van der Waals surface area contributed by atoms with Gasteiger partial charge in [-0.25, -0.2) is 4.98 Å². The maximum absolute atomic E-state index is 13.5. The van der Waals surface area contributed by atoms with Crippen LogP contribution in [0.1, 0.15) is 36.1 Å². The van der Waals surface area contributed by atoms with Gasteiger partial charge in [0, 0.05) is 19.2 Å². The molecule has 0 aliphatic heterocycles. The molecule has 0 fully saturated rings. The van der Waals surface area contributed by atoms with Crippen LogP contribution < -0.4 is 5.56 Å². The van der Waals surface area contributed by atoms with E-state index in [0.717, 1.165) is 10.8 Å². The van der Waals surface area contributed by atoms with Gasteiger partial charge in [-0.1, -0.05) is 48.5 Å². The van der Waals surface area contributed by atoms with Gasteiger partial charge in [-0.2, -0.15) is 0 Å². The molecule has 29 heavy (non-hydrogen) atoms. The molecule has 4 rings (SSSR count).